The minimum absolute atomic E-state index is 0.0193. The third kappa shape index (κ3) is 7.29. The van der Waals surface area contributed by atoms with Crippen molar-refractivity contribution >= 4 is 27.3 Å². The van der Waals surface area contributed by atoms with Gasteiger partial charge in [0.15, 0.2) is 0 Å². The first-order valence-corrected chi connectivity index (χ1v) is 13.0. The van der Waals surface area contributed by atoms with E-state index in [0.29, 0.717) is 13.0 Å². The third-order valence-corrected chi connectivity index (χ3v) is 6.99. The molecule has 0 spiro atoms. The molecule has 0 atom stereocenters. The number of sulfonamides is 1. The summed E-state index contributed by atoms with van der Waals surface area (Å²) in [6.45, 7) is 3.75. The molecule has 9 nitrogen and oxygen atoms in total. The predicted octanol–water partition coefficient (Wildman–Crippen LogP) is 4.33. The lowest BCUT2D eigenvalue weighted by atomic mass is 10.1. The molecule has 0 heterocycles. The van der Waals surface area contributed by atoms with Crippen molar-refractivity contribution < 1.29 is 22.9 Å². The van der Waals surface area contributed by atoms with Gasteiger partial charge in [-0.1, -0.05) is 36.4 Å². The van der Waals surface area contributed by atoms with Crippen molar-refractivity contribution in [3.05, 3.63) is 94.5 Å². The summed E-state index contributed by atoms with van der Waals surface area (Å²) < 4.78 is 33.2. The van der Waals surface area contributed by atoms with Crippen molar-refractivity contribution in [2.75, 3.05) is 17.4 Å². The average Bonchev–Trinajstić information content (AvgIpc) is 2.86. The number of anilines is 1. The molecule has 0 saturated carbocycles. The Bertz CT molecular complexity index is 1280. The molecule has 0 radical (unpaired) electrons. The summed E-state index contributed by atoms with van der Waals surface area (Å²) in [6, 6.07) is 20.6. The van der Waals surface area contributed by atoms with Crippen LogP contribution in [-0.4, -0.2) is 38.4 Å². The number of benzene rings is 3. The Labute approximate surface area is 210 Å². The quantitative estimate of drug-likeness (QED) is 0.220. The predicted molar refractivity (Wildman–Crippen MR) is 138 cm³/mol. The van der Waals surface area contributed by atoms with Gasteiger partial charge in [-0.15, -0.1) is 0 Å². The topological polar surface area (TPSA) is 119 Å². The molecule has 3 rings (SSSR count). The highest BCUT2D eigenvalue weighted by atomic mass is 32.2. The van der Waals surface area contributed by atoms with Gasteiger partial charge in [0.1, 0.15) is 12.3 Å². The van der Waals surface area contributed by atoms with Crippen molar-refractivity contribution in [3.8, 4) is 5.75 Å². The van der Waals surface area contributed by atoms with Crippen LogP contribution in [0.15, 0.2) is 83.8 Å². The highest BCUT2D eigenvalue weighted by Crippen LogP contribution is 2.26. The van der Waals surface area contributed by atoms with Crippen LogP contribution in [0.5, 0.6) is 5.75 Å². The zero-order valence-electron chi connectivity index (χ0n) is 20.2. The molecule has 0 unspecified atom stereocenters. The van der Waals surface area contributed by atoms with E-state index in [4.69, 9.17) is 4.74 Å². The fourth-order valence-corrected chi connectivity index (χ4v) is 4.94. The zero-order valence-corrected chi connectivity index (χ0v) is 21.0. The Balaban J connectivity index is 1.66. The highest BCUT2D eigenvalue weighted by Gasteiger charge is 2.28. The second kappa shape index (κ2) is 12.2. The summed E-state index contributed by atoms with van der Waals surface area (Å²) in [5, 5.41) is 14.0. The van der Waals surface area contributed by atoms with Gasteiger partial charge in [-0.3, -0.25) is 19.2 Å². The van der Waals surface area contributed by atoms with Gasteiger partial charge in [-0.2, -0.15) is 0 Å². The van der Waals surface area contributed by atoms with E-state index in [1.807, 2.05) is 38.1 Å². The van der Waals surface area contributed by atoms with Crippen LogP contribution in [0.2, 0.25) is 0 Å². The van der Waals surface area contributed by atoms with Gasteiger partial charge < -0.3 is 10.1 Å². The number of nitro benzene ring substituents is 1. The van der Waals surface area contributed by atoms with E-state index in [9.17, 15) is 23.3 Å². The number of carbonyl (C=O) groups is 1. The van der Waals surface area contributed by atoms with Gasteiger partial charge in [0.2, 0.25) is 5.91 Å². The Morgan fingerprint density at radius 2 is 1.72 bits per heavy atom. The first-order chi connectivity index (χ1) is 17.2. The van der Waals surface area contributed by atoms with Crippen LogP contribution in [0.1, 0.15) is 25.8 Å². The monoisotopic (exact) mass is 511 g/mol. The molecule has 0 fully saturated rings. The van der Waals surface area contributed by atoms with E-state index in [0.717, 1.165) is 28.1 Å². The van der Waals surface area contributed by atoms with E-state index >= 15 is 0 Å². The maximum atomic E-state index is 13.3. The minimum Gasteiger partial charge on any atom is -0.491 e. The molecule has 190 valence electrons. The number of nitrogens with zero attached hydrogens (tertiary/aromatic N) is 2. The first kappa shape index (κ1) is 26.7. The van der Waals surface area contributed by atoms with Crippen LogP contribution in [0, 0.1) is 10.1 Å². The van der Waals surface area contributed by atoms with Crippen LogP contribution >= 0.6 is 0 Å². The van der Waals surface area contributed by atoms with Crippen LogP contribution in [0.4, 0.5) is 11.4 Å². The van der Waals surface area contributed by atoms with Gasteiger partial charge in [0, 0.05) is 18.7 Å². The Morgan fingerprint density at radius 1 is 1.03 bits per heavy atom. The maximum absolute atomic E-state index is 13.3. The molecule has 0 aliphatic carbocycles. The van der Waals surface area contributed by atoms with Crippen LogP contribution in [0.3, 0.4) is 0 Å². The van der Waals surface area contributed by atoms with Crippen molar-refractivity contribution in [1.29, 1.82) is 0 Å². The molecule has 0 aliphatic rings. The van der Waals surface area contributed by atoms with Crippen molar-refractivity contribution in [1.82, 2.24) is 5.32 Å². The van der Waals surface area contributed by atoms with Crippen LogP contribution in [-0.2, 0) is 21.2 Å². The Kier molecular flexibility index (Phi) is 9.02. The number of amides is 1. The highest BCUT2D eigenvalue weighted by molar-refractivity contribution is 7.92. The number of carbonyl (C=O) groups excluding carboxylic acids is 1. The molecule has 3 aromatic rings. The summed E-state index contributed by atoms with van der Waals surface area (Å²) in [6.07, 6.45) is 1.47. The van der Waals surface area contributed by atoms with Crippen molar-refractivity contribution in [2.45, 2.75) is 37.7 Å². The second-order valence-electron chi connectivity index (χ2n) is 8.37. The maximum Gasteiger partial charge on any atom is 0.271 e. The molecule has 36 heavy (non-hydrogen) atoms. The third-order valence-electron chi connectivity index (χ3n) is 5.21. The number of rotatable bonds is 12. The number of nitrogens with one attached hydrogen (secondary N) is 1. The van der Waals surface area contributed by atoms with Gasteiger partial charge in [0.25, 0.3) is 15.7 Å². The SMILES string of the molecule is CC(C)Oc1ccc(CCCNC(=O)CN(c2cccc([N+](=O)[O-])c2)S(=O)(=O)c2ccccc2)cc1. The Hall–Kier alpha value is -3.92. The first-order valence-electron chi connectivity index (χ1n) is 11.5. The molecule has 0 aliphatic heterocycles. The number of hydrogen-bond acceptors (Lipinski definition) is 6. The molecule has 0 aromatic heterocycles. The fourth-order valence-electron chi connectivity index (χ4n) is 3.51. The lowest BCUT2D eigenvalue weighted by Crippen LogP contribution is -2.41. The molecule has 0 bridgehead atoms. The molecular weight excluding hydrogens is 482 g/mol. The van der Waals surface area contributed by atoms with Crippen molar-refractivity contribution in [2.24, 2.45) is 0 Å². The molecule has 1 amide bonds. The van der Waals surface area contributed by atoms with Gasteiger partial charge >= 0.3 is 0 Å². The number of nitro groups is 1. The summed E-state index contributed by atoms with van der Waals surface area (Å²) in [5.41, 5.74) is 0.850. The second-order valence-corrected chi connectivity index (χ2v) is 10.2. The number of aryl methyl sites for hydroxylation is 1. The van der Waals surface area contributed by atoms with Gasteiger partial charge in [-0.05, 0) is 62.6 Å². The molecule has 10 heteroatoms. The molecule has 3 aromatic carbocycles. The van der Waals surface area contributed by atoms with E-state index in [1.165, 1.54) is 30.3 Å². The summed E-state index contributed by atoms with van der Waals surface area (Å²) in [7, 11) is -4.14. The number of hydrogen-bond donors (Lipinski definition) is 1. The van der Waals surface area contributed by atoms with E-state index in [1.54, 1.807) is 18.2 Å². The molecular formula is C26H29N3O6S. The minimum atomic E-state index is -4.14. The lowest BCUT2D eigenvalue weighted by molar-refractivity contribution is -0.384. The summed E-state index contributed by atoms with van der Waals surface area (Å²) >= 11 is 0. The van der Waals surface area contributed by atoms with Gasteiger partial charge in [0.05, 0.1) is 21.6 Å². The summed E-state index contributed by atoms with van der Waals surface area (Å²) in [5.74, 6) is 0.282. The van der Waals surface area contributed by atoms with Crippen LogP contribution < -0.4 is 14.4 Å². The Morgan fingerprint density at radius 3 is 2.36 bits per heavy atom. The lowest BCUT2D eigenvalue weighted by Gasteiger charge is -2.24. The number of non-ortho nitro benzene ring substituents is 1. The largest absolute Gasteiger partial charge is 0.491 e. The molecule has 1 N–H and O–H groups in total. The number of ether oxygens (including phenoxy) is 1. The normalized spacial score (nSPS) is 11.2. The van der Waals surface area contributed by atoms with Crippen molar-refractivity contribution in [3.63, 3.8) is 0 Å². The van der Waals surface area contributed by atoms with E-state index in [-0.39, 0.29) is 22.4 Å². The molecule has 0 saturated heterocycles. The summed E-state index contributed by atoms with van der Waals surface area (Å²) in [4.78, 5) is 23.3. The average molecular weight is 512 g/mol. The van der Waals surface area contributed by atoms with E-state index in [2.05, 4.69) is 5.32 Å². The van der Waals surface area contributed by atoms with Crippen LogP contribution in [0.25, 0.3) is 0 Å². The zero-order chi connectivity index (χ0) is 26.1. The fraction of sp³-hybridized carbons (Fsp3) is 0.269. The van der Waals surface area contributed by atoms with Gasteiger partial charge in [-0.25, -0.2) is 8.42 Å². The standard InChI is InChI=1S/C26H29N3O6S/c1-20(2)35-24-15-13-21(14-16-24)8-7-17-27-26(30)19-28(22-9-6-10-23(18-22)29(31)32)36(33,34)25-11-4-3-5-12-25/h3-6,9-16,18,20H,7-8,17,19H2,1-2H3,(H,27,30). The smallest absolute Gasteiger partial charge is 0.271 e. The van der Waals surface area contributed by atoms with E-state index < -0.39 is 27.4 Å².